The first kappa shape index (κ1) is 20.4. The number of piperidine rings is 1. The molecule has 1 fully saturated rings. The fraction of sp³-hybridized carbons (Fsp3) is 0.522. The van der Waals surface area contributed by atoms with Crippen molar-refractivity contribution in [3.8, 4) is 5.75 Å². The summed E-state index contributed by atoms with van der Waals surface area (Å²) < 4.78 is 7.44. The Morgan fingerprint density at radius 2 is 2.03 bits per heavy atom. The minimum Gasteiger partial charge on any atom is -0.483 e. The van der Waals surface area contributed by atoms with Crippen LogP contribution in [0.15, 0.2) is 36.7 Å². The summed E-state index contributed by atoms with van der Waals surface area (Å²) in [4.78, 5) is 27.4. The standard InChI is InChI=1S/C23H30N4O3/c1-26-14-19(13-25-26)22(29)27-12-6-11-23(17-27)10-5-4-8-18-7-2-3-9-20(18)30-15-21(28)24-16-23/h2-3,7,9,13-14H,4-6,8,10-12,15-17H2,1H3,(H,24,28)/t23-/m0/s1. The van der Waals surface area contributed by atoms with E-state index in [1.54, 1.807) is 17.1 Å². The van der Waals surface area contributed by atoms with Gasteiger partial charge in [0.05, 0.1) is 11.8 Å². The number of rotatable bonds is 1. The Hall–Kier alpha value is -2.83. The number of nitrogens with one attached hydrogen (secondary N) is 1. The highest BCUT2D eigenvalue weighted by Gasteiger charge is 2.37. The fourth-order valence-corrected chi connectivity index (χ4v) is 4.68. The van der Waals surface area contributed by atoms with Crippen LogP contribution < -0.4 is 10.1 Å². The van der Waals surface area contributed by atoms with Crippen molar-refractivity contribution in [1.82, 2.24) is 20.0 Å². The van der Waals surface area contributed by atoms with Crippen LogP contribution in [0.1, 0.15) is 48.0 Å². The minimum absolute atomic E-state index is 0.0193. The highest BCUT2D eigenvalue weighted by Crippen LogP contribution is 2.36. The van der Waals surface area contributed by atoms with Gasteiger partial charge >= 0.3 is 0 Å². The Bertz CT molecular complexity index is 909. The summed E-state index contributed by atoms with van der Waals surface area (Å²) in [5, 5.41) is 7.21. The van der Waals surface area contributed by atoms with E-state index in [4.69, 9.17) is 4.74 Å². The van der Waals surface area contributed by atoms with Crippen LogP contribution in [0.3, 0.4) is 0 Å². The molecular formula is C23H30N4O3. The molecule has 3 heterocycles. The van der Waals surface area contributed by atoms with E-state index >= 15 is 0 Å². The van der Waals surface area contributed by atoms with Gasteiger partial charge in [-0.3, -0.25) is 14.3 Å². The zero-order valence-electron chi connectivity index (χ0n) is 17.6. The summed E-state index contributed by atoms with van der Waals surface area (Å²) in [5.41, 5.74) is 1.68. The molecule has 0 unspecified atom stereocenters. The minimum atomic E-state index is -0.111. The molecule has 2 amide bonds. The lowest BCUT2D eigenvalue weighted by Gasteiger charge is -2.43. The van der Waals surface area contributed by atoms with Crippen molar-refractivity contribution < 1.29 is 14.3 Å². The predicted octanol–water partition coefficient (Wildman–Crippen LogP) is 2.56. The van der Waals surface area contributed by atoms with E-state index < -0.39 is 0 Å². The number of benzene rings is 1. The average molecular weight is 411 g/mol. The van der Waals surface area contributed by atoms with Crippen molar-refractivity contribution in [3.63, 3.8) is 0 Å². The second-order valence-corrected chi connectivity index (χ2v) is 8.61. The largest absolute Gasteiger partial charge is 0.483 e. The molecular weight excluding hydrogens is 380 g/mol. The zero-order chi connectivity index (χ0) is 21.0. The number of carbonyl (C=O) groups excluding carboxylic acids is 2. The third-order valence-corrected chi connectivity index (χ3v) is 6.30. The molecule has 0 aliphatic carbocycles. The SMILES string of the molecule is Cn1cc(C(=O)N2CCC[C@]3(CCCCc4ccccc4OCC(=O)NC3)C2)cn1. The summed E-state index contributed by atoms with van der Waals surface area (Å²) in [7, 11) is 1.82. The molecule has 2 aromatic rings. The van der Waals surface area contributed by atoms with Crippen LogP contribution in [0.5, 0.6) is 5.75 Å². The van der Waals surface area contributed by atoms with Gasteiger partial charge in [-0.2, -0.15) is 5.10 Å². The number of likely N-dealkylation sites (tertiary alicyclic amines) is 1. The van der Waals surface area contributed by atoms with Crippen LogP contribution in [0, 0.1) is 5.41 Å². The van der Waals surface area contributed by atoms with Crippen molar-refractivity contribution >= 4 is 11.8 Å². The third-order valence-electron chi connectivity index (χ3n) is 6.30. The highest BCUT2D eigenvalue weighted by molar-refractivity contribution is 5.93. The lowest BCUT2D eigenvalue weighted by molar-refractivity contribution is -0.123. The highest BCUT2D eigenvalue weighted by atomic mass is 16.5. The number of fused-ring (bicyclic) bond motifs is 1. The van der Waals surface area contributed by atoms with E-state index in [2.05, 4.69) is 16.5 Å². The van der Waals surface area contributed by atoms with Gasteiger partial charge in [-0.1, -0.05) is 24.6 Å². The number of aromatic nitrogens is 2. The van der Waals surface area contributed by atoms with Crippen LogP contribution in [-0.2, 0) is 18.3 Å². The van der Waals surface area contributed by atoms with E-state index in [-0.39, 0.29) is 23.8 Å². The van der Waals surface area contributed by atoms with Crippen molar-refractivity contribution in [3.05, 3.63) is 47.8 Å². The number of amides is 2. The summed E-state index contributed by atoms with van der Waals surface area (Å²) in [6.07, 6.45) is 9.40. The van der Waals surface area contributed by atoms with Crippen molar-refractivity contribution in [2.75, 3.05) is 26.2 Å². The number of hydrogen-bond donors (Lipinski definition) is 1. The molecule has 7 heteroatoms. The first-order valence-electron chi connectivity index (χ1n) is 10.8. The Labute approximate surface area is 177 Å². The first-order valence-corrected chi connectivity index (χ1v) is 10.8. The van der Waals surface area contributed by atoms with Crippen molar-refractivity contribution in [1.29, 1.82) is 0 Å². The van der Waals surface area contributed by atoms with E-state index in [0.29, 0.717) is 18.7 Å². The summed E-state index contributed by atoms with van der Waals surface area (Å²) in [5.74, 6) is 0.714. The van der Waals surface area contributed by atoms with Gasteiger partial charge in [-0.05, 0) is 43.7 Å². The predicted molar refractivity (Wildman–Crippen MR) is 113 cm³/mol. The average Bonchev–Trinajstić information content (AvgIpc) is 3.20. The first-order chi connectivity index (χ1) is 14.5. The van der Waals surface area contributed by atoms with E-state index in [1.165, 1.54) is 0 Å². The molecule has 0 saturated carbocycles. The van der Waals surface area contributed by atoms with Gasteiger partial charge in [0, 0.05) is 38.3 Å². The number of hydrogen-bond acceptors (Lipinski definition) is 4. The second kappa shape index (κ2) is 8.90. The molecule has 1 N–H and O–H groups in total. The van der Waals surface area contributed by atoms with E-state index in [9.17, 15) is 9.59 Å². The van der Waals surface area contributed by atoms with Crippen LogP contribution >= 0.6 is 0 Å². The molecule has 1 aromatic carbocycles. The van der Waals surface area contributed by atoms with Crippen molar-refractivity contribution in [2.24, 2.45) is 12.5 Å². The summed E-state index contributed by atoms with van der Waals surface area (Å²) in [6, 6.07) is 7.95. The molecule has 1 spiro atoms. The summed E-state index contributed by atoms with van der Waals surface area (Å²) >= 11 is 0. The molecule has 1 aromatic heterocycles. The molecule has 2 aliphatic heterocycles. The Balaban J connectivity index is 1.48. The topological polar surface area (TPSA) is 76.5 Å². The molecule has 1 atom stereocenters. The molecule has 2 aliphatic rings. The lowest BCUT2D eigenvalue weighted by Crippen LogP contribution is -2.51. The number of carbonyl (C=O) groups is 2. The quantitative estimate of drug-likeness (QED) is 0.784. The van der Waals surface area contributed by atoms with Gasteiger partial charge < -0.3 is 15.0 Å². The second-order valence-electron chi connectivity index (χ2n) is 8.61. The monoisotopic (exact) mass is 410 g/mol. The van der Waals surface area contributed by atoms with Crippen LogP contribution in [0.4, 0.5) is 0 Å². The Morgan fingerprint density at radius 3 is 2.87 bits per heavy atom. The number of aryl methyl sites for hydroxylation is 2. The van der Waals surface area contributed by atoms with Gasteiger partial charge in [-0.25, -0.2) is 0 Å². The molecule has 0 bridgehead atoms. The normalized spacial score (nSPS) is 23.0. The van der Waals surface area contributed by atoms with Crippen LogP contribution in [0.2, 0.25) is 0 Å². The molecule has 160 valence electrons. The maximum atomic E-state index is 13.0. The van der Waals surface area contributed by atoms with E-state index in [0.717, 1.165) is 56.4 Å². The van der Waals surface area contributed by atoms with Gasteiger partial charge in [-0.15, -0.1) is 0 Å². The fourth-order valence-electron chi connectivity index (χ4n) is 4.68. The van der Waals surface area contributed by atoms with Gasteiger partial charge in [0.2, 0.25) is 0 Å². The lowest BCUT2D eigenvalue weighted by atomic mass is 9.75. The number of para-hydroxylation sites is 1. The molecule has 30 heavy (non-hydrogen) atoms. The summed E-state index contributed by atoms with van der Waals surface area (Å²) in [6.45, 7) is 2.01. The zero-order valence-corrected chi connectivity index (χ0v) is 17.6. The third kappa shape index (κ3) is 4.66. The van der Waals surface area contributed by atoms with Crippen LogP contribution in [-0.4, -0.2) is 52.7 Å². The smallest absolute Gasteiger partial charge is 0.257 e. The van der Waals surface area contributed by atoms with Crippen molar-refractivity contribution in [2.45, 2.75) is 38.5 Å². The molecule has 1 saturated heterocycles. The number of nitrogens with zero attached hydrogens (tertiary/aromatic N) is 3. The van der Waals surface area contributed by atoms with Crippen LogP contribution in [0.25, 0.3) is 0 Å². The maximum absolute atomic E-state index is 13.0. The van der Waals surface area contributed by atoms with Gasteiger partial charge in [0.25, 0.3) is 11.8 Å². The molecule has 0 radical (unpaired) electrons. The Kier molecular flexibility index (Phi) is 6.06. The van der Waals surface area contributed by atoms with Gasteiger partial charge in [0.1, 0.15) is 5.75 Å². The maximum Gasteiger partial charge on any atom is 0.257 e. The van der Waals surface area contributed by atoms with Gasteiger partial charge in [0.15, 0.2) is 6.61 Å². The molecule has 7 nitrogen and oxygen atoms in total. The number of ether oxygens (including phenoxy) is 1. The Morgan fingerprint density at radius 1 is 1.20 bits per heavy atom. The molecule has 4 rings (SSSR count). The van der Waals surface area contributed by atoms with E-state index in [1.807, 2.05) is 30.1 Å².